The third-order valence-electron chi connectivity index (χ3n) is 4.01. The largest absolute Gasteiger partial charge is 0.508 e. The molecular weight excluding hydrogens is 332 g/mol. The Balaban J connectivity index is 1.85. The molecule has 3 aromatic rings. The van der Waals surface area contributed by atoms with Gasteiger partial charge in [-0.1, -0.05) is 24.3 Å². The van der Waals surface area contributed by atoms with Crippen molar-refractivity contribution >= 4 is 12.1 Å². The molecule has 0 spiro atoms. The lowest BCUT2D eigenvalue weighted by Crippen LogP contribution is -2.20. The molecule has 0 saturated heterocycles. The van der Waals surface area contributed by atoms with Gasteiger partial charge in [-0.15, -0.1) is 0 Å². The summed E-state index contributed by atoms with van der Waals surface area (Å²) in [5, 5.41) is 13.4. The molecule has 26 heavy (non-hydrogen) atoms. The van der Waals surface area contributed by atoms with Crippen LogP contribution in [-0.4, -0.2) is 26.6 Å². The molecule has 2 aromatic carbocycles. The van der Waals surface area contributed by atoms with Crippen LogP contribution in [0, 0.1) is 6.92 Å². The lowest BCUT2D eigenvalue weighted by atomic mass is 10.2. The highest BCUT2D eigenvalue weighted by atomic mass is 16.3. The quantitative estimate of drug-likeness (QED) is 0.557. The third-order valence-corrected chi connectivity index (χ3v) is 4.01. The highest BCUT2D eigenvalue weighted by molar-refractivity contribution is 5.95. The van der Waals surface area contributed by atoms with E-state index < -0.39 is 5.91 Å². The van der Waals surface area contributed by atoms with Gasteiger partial charge in [0.1, 0.15) is 5.75 Å². The zero-order valence-electron chi connectivity index (χ0n) is 14.4. The van der Waals surface area contributed by atoms with E-state index in [1.54, 1.807) is 30.8 Å². The van der Waals surface area contributed by atoms with E-state index in [4.69, 9.17) is 0 Å². The minimum absolute atomic E-state index is 0.000178. The van der Waals surface area contributed by atoms with Gasteiger partial charge in [-0.25, -0.2) is 10.1 Å². The van der Waals surface area contributed by atoms with Gasteiger partial charge in [0, 0.05) is 18.2 Å². The second-order valence-electron chi connectivity index (χ2n) is 5.74. The Morgan fingerprint density at radius 1 is 1.15 bits per heavy atom. The lowest BCUT2D eigenvalue weighted by Gasteiger charge is -2.08. The Hall–Kier alpha value is -3.61. The van der Waals surface area contributed by atoms with Gasteiger partial charge in [0.15, 0.2) is 0 Å². The summed E-state index contributed by atoms with van der Waals surface area (Å²) in [7, 11) is 1.75. The van der Waals surface area contributed by atoms with Crippen LogP contribution < -0.4 is 11.0 Å². The predicted molar refractivity (Wildman–Crippen MR) is 98.9 cm³/mol. The Kier molecular flexibility index (Phi) is 4.70. The minimum atomic E-state index is -0.456. The molecule has 3 rings (SSSR count). The van der Waals surface area contributed by atoms with E-state index in [1.807, 2.05) is 30.3 Å². The fourth-order valence-corrected chi connectivity index (χ4v) is 2.66. The Bertz CT molecular complexity index is 1030. The number of para-hydroxylation sites is 1. The van der Waals surface area contributed by atoms with Gasteiger partial charge < -0.3 is 5.11 Å². The minimum Gasteiger partial charge on any atom is -0.508 e. The number of carbonyl (C=O) groups excluding carboxylic acids is 1. The molecule has 2 N–H and O–H groups in total. The maximum Gasteiger partial charge on any atom is 0.274 e. The Morgan fingerprint density at radius 2 is 1.88 bits per heavy atom. The van der Waals surface area contributed by atoms with E-state index in [9.17, 15) is 14.7 Å². The van der Waals surface area contributed by atoms with Crippen LogP contribution in [-0.2, 0) is 7.05 Å². The highest BCUT2D eigenvalue weighted by Gasteiger charge is 2.14. The van der Waals surface area contributed by atoms with Gasteiger partial charge in [-0.2, -0.15) is 5.10 Å². The average molecular weight is 350 g/mol. The molecule has 0 unspecified atom stereocenters. The number of benzene rings is 2. The van der Waals surface area contributed by atoms with Gasteiger partial charge in [0.05, 0.1) is 17.6 Å². The molecule has 1 heterocycles. The van der Waals surface area contributed by atoms with E-state index in [0.717, 1.165) is 5.69 Å². The zero-order chi connectivity index (χ0) is 18.7. The maximum atomic E-state index is 12.5. The summed E-state index contributed by atoms with van der Waals surface area (Å²) in [4.78, 5) is 24.6. The van der Waals surface area contributed by atoms with Crippen LogP contribution in [0.15, 0.2) is 64.5 Å². The van der Waals surface area contributed by atoms with E-state index in [0.29, 0.717) is 11.3 Å². The standard InChI is InChI=1S/C19H18N4O3/c1-13-17(12-20-21-18(25)14-7-6-10-16(24)11-14)22(2)23(19(13)26)15-8-4-3-5-9-15/h3-12,24H,1-2H3,(H,21,25)/b20-12-. The molecule has 0 aliphatic carbocycles. The van der Waals surface area contributed by atoms with E-state index in [-0.39, 0.29) is 16.9 Å². The fourth-order valence-electron chi connectivity index (χ4n) is 2.66. The second kappa shape index (κ2) is 7.10. The second-order valence-corrected chi connectivity index (χ2v) is 5.74. The zero-order valence-corrected chi connectivity index (χ0v) is 14.4. The molecule has 1 amide bonds. The third kappa shape index (κ3) is 3.27. The Labute approximate surface area is 149 Å². The monoisotopic (exact) mass is 350 g/mol. The molecular formula is C19H18N4O3. The fraction of sp³-hybridized carbons (Fsp3) is 0.105. The molecule has 7 nitrogen and oxygen atoms in total. The molecule has 1 aromatic heterocycles. The van der Waals surface area contributed by atoms with Crippen LogP contribution in [0.5, 0.6) is 5.75 Å². The number of rotatable bonds is 4. The van der Waals surface area contributed by atoms with Crippen molar-refractivity contribution in [3.8, 4) is 11.4 Å². The molecule has 0 fully saturated rings. The van der Waals surface area contributed by atoms with Crippen LogP contribution in [0.2, 0.25) is 0 Å². The molecule has 132 valence electrons. The summed E-state index contributed by atoms with van der Waals surface area (Å²) in [5.41, 5.74) is 4.37. The first-order valence-corrected chi connectivity index (χ1v) is 7.95. The summed E-state index contributed by atoms with van der Waals surface area (Å²) in [6, 6.07) is 15.2. The summed E-state index contributed by atoms with van der Waals surface area (Å²) in [6.07, 6.45) is 1.43. The SMILES string of the molecule is Cc1c(/C=N\NC(=O)c2cccc(O)c2)n(C)n(-c2ccccc2)c1=O. The number of hydrogen-bond donors (Lipinski definition) is 2. The van der Waals surface area contributed by atoms with E-state index >= 15 is 0 Å². The molecule has 0 radical (unpaired) electrons. The van der Waals surface area contributed by atoms with Crippen molar-refractivity contribution in [2.24, 2.45) is 12.1 Å². The molecule has 0 bridgehead atoms. The number of nitrogens with one attached hydrogen (secondary N) is 1. The van der Waals surface area contributed by atoms with Crippen molar-refractivity contribution < 1.29 is 9.90 Å². The van der Waals surface area contributed by atoms with Gasteiger partial charge in [0.25, 0.3) is 11.5 Å². The topological polar surface area (TPSA) is 88.6 Å². The highest BCUT2D eigenvalue weighted by Crippen LogP contribution is 2.11. The number of carbonyl (C=O) groups is 1. The van der Waals surface area contributed by atoms with Crippen LogP contribution in [0.1, 0.15) is 21.6 Å². The smallest absolute Gasteiger partial charge is 0.274 e. The summed E-state index contributed by atoms with van der Waals surface area (Å²) < 4.78 is 3.21. The number of hydrogen-bond acceptors (Lipinski definition) is 4. The van der Waals surface area contributed by atoms with E-state index in [2.05, 4.69) is 10.5 Å². The first-order chi connectivity index (χ1) is 12.5. The summed E-state index contributed by atoms with van der Waals surface area (Å²) in [6.45, 7) is 1.71. The van der Waals surface area contributed by atoms with Crippen LogP contribution in [0.3, 0.4) is 0 Å². The van der Waals surface area contributed by atoms with Gasteiger partial charge >= 0.3 is 0 Å². The number of amides is 1. The van der Waals surface area contributed by atoms with Crippen molar-refractivity contribution in [3.63, 3.8) is 0 Å². The number of phenols is 1. The molecule has 0 aliphatic heterocycles. The summed E-state index contributed by atoms with van der Waals surface area (Å²) in [5.74, 6) is -0.456. The lowest BCUT2D eigenvalue weighted by molar-refractivity contribution is 0.0954. The normalized spacial score (nSPS) is 11.0. The maximum absolute atomic E-state index is 12.5. The molecule has 0 saturated carbocycles. The first-order valence-electron chi connectivity index (χ1n) is 7.95. The van der Waals surface area contributed by atoms with Crippen molar-refractivity contribution in [3.05, 3.63) is 81.8 Å². The van der Waals surface area contributed by atoms with Gasteiger partial charge in [-0.3, -0.25) is 14.3 Å². The predicted octanol–water partition coefficient (Wildman–Crippen LogP) is 1.95. The van der Waals surface area contributed by atoms with Crippen molar-refractivity contribution in [1.29, 1.82) is 0 Å². The number of nitrogens with zero attached hydrogens (tertiary/aromatic N) is 3. The number of aromatic hydroxyl groups is 1. The average Bonchev–Trinajstić information content (AvgIpc) is 2.85. The Morgan fingerprint density at radius 3 is 2.58 bits per heavy atom. The molecule has 7 heteroatoms. The van der Waals surface area contributed by atoms with E-state index in [1.165, 1.54) is 23.0 Å². The van der Waals surface area contributed by atoms with Crippen molar-refractivity contribution in [2.45, 2.75) is 6.92 Å². The van der Waals surface area contributed by atoms with Crippen molar-refractivity contribution in [2.75, 3.05) is 0 Å². The summed E-state index contributed by atoms with van der Waals surface area (Å²) >= 11 is 0. The van der Waals surface area contributed by atoms with Gasteiger partial charge in [-0.05, 0) is 37.3 Å². The molecule has 0 aliphatic rings. The van der Waals surface area contributed by atoms with Crippen LogP contribution in [0.25, 0.3) is 5.69 Å². The number of hydrazone groups is 1. The van der Waals surface area contributed by atoms with Crippen LogP contribution in [0.4, 0.5) is 0 Å². The van der Waals surface area contributed by atoms with Gasteiger partial charge in [0.2, 0.25) is 0 Å². The number of phenolic OH excluding ortho intramolecular Hbond substituents is 1. The van der Waals surface area contributed by atoms with Crippen LogP contribution >= 0.6 is 0 Å². The molecule has 0 atom stereocenters. The first kappa shape index (κ1) is 17.2. The van der Waals surface area contributed by atoms with Crippen molar-refractivity contribution in [1.82, 2.24) is 14.8 Å². The number of aromatic nitrogens is 2.